The third kappa shape index (κ3) is 4.88. The molecule has 2 aromatic heterocycles. The molecule has 3 aromatic carbocycles. The molecule has 0 fully saturated rings. The van der Waals surface area contributed by atoms with Crippen LogP contribution in [0.2, 0.25) is 0 Å². The van der Waals surface area contributed by atoms with Crippen molar-refractivity contribution in [2.45, 2.75) is 18.4 Å². The van der Waals surface area contributed by atoms with Crippen LogP contribution in [0.15, 0.2) is 100 Å². The van der Waals surface area contributed by atoms with E-state index in [4.69, 9.17) is 9.40 Å². The Morgan fingerprint density at radius 2 is 1.64 bits per heavy atom. The molecule has 6 heteroatoms. The minimum Gasteiger partial charge on any atom is -0.438 e. The van der Waals surface area contributed by atoms with Crippen LogP contribution in [-0.2, 0) is 4.79 Å². The Hall–Kier alpha value is -4.34. The number of amides is 1. The van der Waals surface area contributed by atoms with E-state index in [0.717, 1.165) is 32.6 Å². The fourth-order valence-corrected chi connectivity index (χ4v) is 5.05. The number of aromatic nitrogens is 1. The number of hydrogen-bond acceptors (Lipinski definition) is 5. The molecule has 5 aromatic rings. The topological polar surface area (TPSA) is 78.9 Å². The smallest absolute Gasteiger partial charge is 0.227 e. The van der Waals surface area contributed by atoms with Crippen molar-refractivity contribution in [3.05, 3.63) is 102 Å². The zero-order valence-corrected chi connectivity index (χ0v) is 20.5. The summed E-state index contributed by atoms with van der Waals surface area (Å²) < 4.78 is 6.10. The molecule has 1 N–H and O–H groups in total. The summed E-state index contributed by atoms with van der Waals surface area (Å²) in [6.45, 7) is 2.07. The Morgan fingerprint density at radius 3 is 2.36 bits per heavy atom. The minimum absolute atomic E-state index is 0.171. The molecular formula is C30H23N3O2S. The van der Waals surface area contributed by atoms with Crippen molar-refractivity contribution in [2.24, 2.45) is 0 Å². The molecule has 5 nitrogen and oxygen atoms in total. The second-order valence-electron chi connectivity index (χ2n) is 8.30. The van der Waals surface area contributed by atoms with Gasteiger partial charge < -0.3 is 4.42 Å². The van der Waals surface area contributed by atoms with Gasteiger partial charge in [0.25, 0.3) is 0 Å². The van der Waals surface area contributed by atoms with Crippen LogP contribution in [0.1, 0.15) is 17.5 Å². The standard InChI is InChI=1S/C30H23N3O2S/c1-20-18-27(32-25-15-9-8-14-23(20)25)36-17-16-26(34)33-30-24(19-31)28(21-10-4-2-5-11-21)29(35-30)22-12-6-3-7-13-22/h2-15,18H,16-17H2,1H3,(H,33,34). The first kappa shape index (κ1) is 23.4. The van der Waals surface area contributed by atoms with Gasteiger partial charge in [0.15, 0.2) is 0 Å². The van der Waals surface area contributed by atoms with E-state index >= 15 is 0 Å². The van der Waals surface area contributed by atoms with E-state index in [1.807, 2.05) is 84.9 Å². The Kier molecular flexibility index (Phi) is 6.83. The van der Waals surface area contributed by atoms with Crippen LogP contribution in [0.5, 0.6) is 0 Å². The van der Waals surface area contributed by atoms with Gasteiger partial charge in [-0.2, -0.15) is 5.26 Å². The van der Waals surface area contributed by atoms with Gasteiger partial charge in [0.05, 0.1) is 10.5 Å². The van der Waals surface area contributed by atoms with Gasteiger partial charge in [0.1, 0.15) is 17.4 Å². The predicted molar refractivity (Wildman–Crippen MR) is 145 cm³/mol. The molecule has 0 aliphatic rings. The van der Waals surface area contributed by atoms with Crippen LogP contribution < -0.4 is 5.32 Å². The number of nitrogens with zero attached hydrogens (tertiary/aromatic N) is 2. The number of anilines is 1. The van der Waals surface area contributed by atoms with Crippen molar-refractivity contribution in [3.8, 4) is 28.5 Å². The molecule has 176 valence electrons. The maximum atomic E-state index is 12.8. The van der Waals surface area contributed by atoms with Crippen LogP contribution in [0.25, 0.3) is 33.4 Å². The molecule has 5 rings (SSSR count). The van der Waals surface area contributed by atoms with Crippen molar-refractivity contribution in [3.63, 3.8) is 0 Å². The van der Waals surface area contributed by atoms with E-state index in [2.05, 4.69) is 24.4 Å². The zero-order valence-electron chi connectivity index (χ0n) is 19.7. The number of thioether (sulfide) groups is 1. The van der Waals surface area contributed by atoms with Gasteiger partial charge in [-0.05, 0) is 30.2 Å². The van der Waals surface area contributed by atoms with E-state index in [1.165, 1.54) is 11.8 Å². The first-order valence-corrected chi connectivity index (χ1v) is 12.6. The summed E-state index contributed by atoms with van der Waals surface area (Å²) in [6.07, 6.45) is 0.255. The van der Waals surface area contributed by atoms with E-state index in [9.17, 15) is 10.1 Å². The van der Waals surface area contributed by atoms with E-state index in [-0.39, 0.29) is 18.2 Å². The molecular weight excluding hydrogens is 466 g/mol. The molecule has 0 saturated heterocycles. The summed E-state index contributed by atoms with van der Waals surface area (Å²) in [5.74, 6) is 1.06. The Bertz CT molecular complexity index is 1570. The molecule has 0 unspecified atom stereocenters. The zero-order chi connectivity index (χ0) is 24.9. The van der Waals surface area contributed by atoms with Gasteiger partial charge in [-0.1, -0.05) is 78.9 Å². The van der Waals surface area contributed by atoms with Gasteiger partial charge in [-0.15, -0.1) is 11.8 Å². The largest absolute Gasteiger partial charge is 0.438 e. The molecule has 0 aliphatic heterocycles. The predicted octanol–water partition coefficient (Wildman–Crippen LogP) is 7.46. The normalized spacial score (nSPS) is 10.8. The minimum atomic E-state index is -0.218. The van der Waals surface area contributed by atoms with Crippen LogP contribution in [-0.4, -0.2) is 16.6 Å². The first-order chi connectivity index (χ1) is 17.6. The first-order valence-electron chi connectivity index (χ1n) is 11.6. The summed E-state index contributed by atoms with van der Waals surface area (Å²) in [5.41, 5.74) is 4.77. The number of carbonyl (C=O) groups excluding carboxylic acids is 1. The fraction of sp³-hybridized carbons (Fsp3) is 0.100. The fourth-order valence-electron chi connectivity index (χ4n) is 4.13. The van der Waals surface area contributed by atoms with Crippen LogP contribution in [0.3, 0.4) is 0 Å². The molecule has 36 heavy (non-hydrogen) atoms. The lowest BCUT2D eigenvalue weighted by Crippen LogP contribution is -2.12. The molecule has 0 radical (unpaired) electrons. The van der Waals surface area contributed by atoms with Crippen molar-refractivity contribution >= 4 is 34.5 Å². The number of hydrogen-bond donors (Lipinski definition) is 1. The lowest BCUT2D eigenvalue weighted by molar-refractivity contribution is -0.115. The highest BCUT2D eigenvalue weighted by molar-refractivity contribution is 7.99. The average Bonchev–Trinajstić information content (AvgIpc) is 3.27. The number of aryl methyl sites for hydroxylation is 1. The molecule has 2 heterocycles. The van der Waals surface area contributed by atoms with E-state index in [0.29, 0.717) is 22.6 Å². The number of pyridine rings is 1. The second kappa shape index (κ2) is 10.5. The molecule has 0 spiro atoms. The SMILES string of the molecule is Cc1cc(SCCC(=O)Nc2oc(-c3ccccc3)c(-c3ccccc3)c2C#N)nc2ccccc12. The molecule has 0 bridgehead atoms. The number of para-hydroxylation sites is 1. The summed E-state index contributed by atoms with van der Waals surface area (Å²) in [6, 6.07) is 31.5. The highest BCUT2D eigenvalue weighted by Crippen LogP contribution is 2.41. The number of rotatable bonds is 7. The summed E-state index contributed by atoms with van der Waals surface area (Å²) in [4.78, 5) is 17.5. The Morgan fingerprint density at radius 1 is 0.972 bits per heavy atom. The lowest BCUT2D eigenvalue weighted by Gasteiger charge is -2.06. The Balaban J connectivity index is 1.35. The number of carbonyl (C=O) groups is 1. The lowest BCUT2D eigenvalue weighted by atomic mass is 9.98. The summed E-state index contributed by atoms with van der Waals surface area (Å²) >= 11 is 1.53. The maximum absolute atomic E-state index is 12.8. The molecule has 0 atom stereocenters. The van der Waals surface area contributed by atoms with Crippen LogP contribution >= 0.6 is 11.8 Å². The third-order valence-electron chi connectivity index (χ3n) is 5.85. The van der Waals surface area contributed by atoms with Gasteiger partial charge in [0, 0.05) is 28.7 Å². The summed E-state index contributed by atoms with van der Waals surface area (Å²) in [5, 5.41) is 14.8. The molecule has 1 amide bonds. The molecule has 0 saturated carbocycles. The monoisotopic (exact) mass is 489 g/mol. The summed E-state index contributed by atoms with van der Waals surface area (Å²) in [7, 11) is 0. The van der Waals surface area contributed by atoms with Gasteiger partial charge in [-0.3, -0.25) is 10.1 Å². The van der Waals surface area contributed by atoms with Crippen LogP contribution in [0, 0.1) is 18.3 Å². The van der Waals surface area contributed by atoms with Gasteiger partial charge >= 0.3 is 0 Å². The van der Waals surface area contributed by atoms with Crippen molar-refractivity contribution in [1.82, 2.24) is 4.98 Å². The third-order valence-corrected chi connectivity index (χ3v) is 6.76. The number of benzene rings is 3. The quantitative estimate of drug-likeness (QED) is 0.240. The highest BCUT2D eigenvalue weighted by Gasteiger charge is 2.24. The van der Waals surface area contributed by atoms with Crippen LogP contribution in [0.4, 0.5) is 5.88 Å². The second-order valence-corrected chi connectivity index (χ2v) is 9.41. The Labute approximate surface area is 213 Å². The van der Waals surface area contributed by atoms with Crippen molar-refractivity contribution in [1.29, 1.82) is 5.26 Å². The van der Waals surface area contributed by atoms with Gasteiger partial charge in [-0.25, -0.2) is 4.98 Å². The van der Waals surface area contributed by atoms with Crippen molar-refractivity contribution in [2.75, 3.05) is 11.1 Å². The number of nitrogens with one attached hydrogen (secondary N) is 1. The maximum Gasteiger partial charge on any atom is 0.227 e. The number of nitriles is 1. The highest BCUT2D eigenvalue weighted by atomic mass is 32.2. The molecule has 0 aliphatic carbocycles. The number of furan rings is 1. The average molecular weight is 490 g/mol. The van der Waals surface area contributed by atoms with E-state index in [1.54, 1.807) is 0 Å². The number of fused-ring (bicyclic) bond motifs is 1. The van der Waals surface area contributed by atoms with E-state index < -0.39 is 0 Å². The van der Waals surface area contributed by atoms with Gasteiger partial charge in [0.2, 0.25) is 11.8 Å². The van der Waals surface area contributed by atoms with Crippen molar-refractivity contribution < 1.29 is 9.21 Å².